The molecule has 0 saturated heterocycles. The van der Waals surface area contributed by atoms with E-state index in [4.69, 9.17) is 5.11 Å². The minimum Gasteiger partial charge on any atom is -0.481 e. The molecule has 78 valence electrons. The quantitative estimate of drug-likeness (QED) is 0.713. The second-order valence-electron chi connectivity index (χ2n) is 3.44. The maximum atomic E-state index is 10.4. The molecule has 4 nitrogen and oxygen atoms in total. The van der Waals surface area contributed by atoms with Crippen LogP contribution in [0.25, 0.3) is 10.9 Å². The van der Waals surface area contributed by atoms with Gasteiger partial charge in [0.05, 0.1) is 12.5 Å². The van der Waals surface area contributed by atoms with Crippen molar-refractivity contribution in [1.82, 2.24) is 4.98 Å². The third kappa shape index (κ3) is 1.99. The van der Waals surface area contributed by atoms with Crippen LogP contribution in [0, 0.1) is 0 Å². The van der Waals surface area contributed by atoms with Crippen LogP contribution in [0.1, 0.15) is 18.1 Å². The summed E-state index contributed by atoms with van der Waals surface area (Å²) in [4.78, 5) is 13.4. The zero-order valence-corrected chi connectivity index (χ0v) is 7.97. The van der Waals surface area contributed by atoms with E-state index in [0.717, 1.165) is 10.9 Å². The fraction of sp³-hybridized carbons (Fsp3) is 0.182. The van der Waals surface area contributed by atoms with Gasteiger partial charge in [-0.1, -0.05) is 12.1 Å². The highest BCUT2D eigenvalue weighted by Crippen LogP contribution is 2.21. The van der Waals surface area contributed by atoms with Gasteiger partial charge in [0.25, 0.3) is 0 Å². The highest BCUT2D eigenvalue weighted by atomic mass is 16.4. The highest BCUT2D eigenvalue weighted by molar-refractivity contribution is 5.80. The third-order valence-corrected chi connectivity index (χ3v) is 2.33. The average Bonchev–Trinajstić information content (AvgIpc) is 2.62. The highest BCUT2D eigenvalue weighted by Gasteiger charge is 2.12. The maximum Gasteiger partial charge on any atom is 0.306 e. The summed E-state index contributed by atoms with van der Waals surface area (Å²) in [5, 5.41) is 19.2. The number of fused-ring (bicyclic) bond motifs is 1. The Labute approximate surface area is 86.2 Å². The van der Waals surface area contributed by atoms with Crippen LogP contribution in [0.15, 0.2) is 30.5 Å². The Balaban J connectivity index is 2.30. The number of hydrogen-bond acceptors (Lipinski definition) is 2. The number of aromatic amines is 1. The lowest BCUT2D eigenvalue weighted by atomic mass is 10.1. The Kier molecular flexibility index (Phi) is 2.43. The molecular weight excluding hydrogens is 194 g/mol. The standard InChI is InChI=1S/C11H11NO3/c13-10(6-11(14)15)8-2-1-7-3-4-12-9(7)5-8/h1-5,10,12-13H,6H2,(H,14,15)/t10-/m1/s1. The number of H-pyrrole nitrogens is 1. The van der Waals surface area contributed by atoms with E-state index in [1.165, 1.54) is 0 Å². The summed E-state index contributed by atoms with van der Waals surface area (Å²) in [5.74, 6) is -1.01. The Morgan fingerprint density at radius 2 is 2.20 bits per heavy atom. The van der Waals surface area contributed by atoms with Crippen molar-refractivity contribution in [2.45, 2.75) is 12.5 Å². The van der Waals surface area contributed by atoms with Gasteiger partial charge in [-0.3, -0.25) is 4.79 Å². The molecule has 1 atom stereocenters. The predicted octanol–water partition coefficient (Wildman–Crippen LogP) is 1.68. The minimum atomic E-state index is -1.01. The van der Waals surface area contributed by atoms with Crippen LogP contribution in [0.2, 0.25) is 0 Å². The second-order valence-corrected chi connectivity index (χ2v) is 3.44. The van der Waals surface area contributed by atoms with Gasteiger partial charge in [0.2, 0.25) is 0 Å². The van der Waals surface area contributed by atoms with Crippen molar-refractivity contribution >= 4 is 16.9 Å². The van der Waals surface area contributed by atoms with Crippen molar-refractivity contribution in [2.24, 2.45) is 0 Å². The van der Waals surface area contributed by atoms with Gasteiger partial charge in [0, 0.05) is 11.7 Å². The zero-order chi connectivity index (χ0) is 10.8. The molecule has 0 radical (unpaired) electrons. The van der Waals surface area contributed by atoms with E-state index in [1.54, 1.807) is 18.3 Å². The lowest BCUT2D eigenvalue weighted by Crippen LogP contribution is -2.05. The first-order valence-corrected chi connectivity index (χ1v) is 4.64. The van der Waals surface area contributed by atoms with Gasteiger partial charge >= 0.3 is 5.97 Å². The van der Waals surface area contributed by atoms with Crippen molar-refractivity contribution in [2.75, 3.05) is 0 Å². The van der Waals surface area contributed by atoms with Crippen LogP contribution in [-0.2, 0) is 4.79 Å². The number of hydrogen-bond donors (Lipinski definition) is 3. The lowest BCUT2D eigenvalue weighted by molar-refractivity contribution is -0.139. The summed E-state index contributed by atoms with van der Waals surface area (Å²) in [6.45, 7) is 0. The van der Waals surface area contributed by atoms with Crippen LogP contribution in [-0.4, -0.2) is 21.2 Å². The first-order valence-electron chi connectivity index (χ1n) is 4.64. The molecule has 0 amide bonds. The molecule has 1 aromatic carbocycles. The Bertz CT molecular complexity index is 489. The van der Waals surface area contributed by atoms with Crippen LogP contribution >= 0.6 is 0 Å². The summed E-state index contributed by atoms with van der Waals surface area (Å²) < 4.78 is 0. The predicted molar refractivity (Wildman–Crippen MR) is 55.5 cm³/mol. The number of rotatable bonds is 3. The van der Waals surface area contributed by atoms with E-state index < -0.39 is 12.1 Å². The Morgan fingerprint density at radius 3 is 2.93 bits per heavy atom. The topological polar surface area (TPSA) is 73.3 Å². The number of carboxylic acids is 1. The molecule has 0 unspecified atom stereocenters. The van der Waals surface area contributed by atoms with Gasteiger partial charge in [-0.15, -0.1) is 0 Å². The fourth-order valence-electron chi connectivity index (χ4n) is 1.56. The third-order valence-electron chi connectivity index (χ3n) is 2.33. The molecule has 0 spiro atoms. The SMILES string of the molecule is O=C(O)C[C@@H](O)c1ccc2cc[nH]c2c1. The number of aliphatic hydroxyl groups is 1. The molecule has 3 N–H and O–H groups in total. The van der Waals surface area contributed by atoms with Gasteiger partial charge in [0.1, 0.15) is 0 Å². The maximum absolute atomic E-state index is 10.4. The largest absolute Gasteiger partial charge is 0.481 e. The first kappa shape index (κ1) is 9.73. The summed E-state index contributed by atoms with van der Waals surface area (Å²) in [7, 11) is 0. The monoisotopic (exact) mass is 205 g/mol. The summed E-state index contributed by atoms with van der Waals surface area (Å²) in [5.41, 5.74) is 1.52. The Hall–Kier alpha value is -1.81. The van der Waals surface area contributed by atoms with Crippen LogP contribution in [0.4, 0.5) is 0 Å². The van der Waals surface area contributed by atoms with Crippen molar-refractivity contribution in [3.63, 3.8) is 0 Å². The van der Waals surface area contributed by atoms with Crippen molar-refractivity contribution in [1.29, 1.82) is 0 Å². The summed E-state index contributed by atoms with van der Waals surface area (Å²) in [6.07, 6.45) is 0.583. The molecule has 0 aliphatic heterocycles. The van der Waals surface area contributed by atoms with Crippen LogP contribution < -0.4 is 0 Å². The van der Waals surface area contributed by atoms with Gasteiger partial charge in [0.15, 0.2) is 0 Å². The lowest BCUT2D eigenvalue weighted by Gasteiger charge is -2.07. The van der Waals surface area contributed by atoms with E-state index in [-0.39, 0.29) is 6.42 Å². The minimum absolute atomic E-state index is 0.272. The molecule has 1 aromatic heterocycles. The van der Waals surface area contributed by atoms with Crippen molar-refractivity contribution < 1.29 is 15.0 Å². The molecule has 0 aliphatic rings. The number of aromatic nitrogens is 1. The Morgan fingerprint density at radius 1 is 1.40 bits per heavy atom. The number of aliphatic carboxylic acids is 1. The van der Waals surface area contributed by atoms with Gasteiger partial charge in [-0.25, -0.2) is 0 Å². The molecule has 0 saturated carbocycles. The molecule has 15 heavy (non-hydrogen) atoms. The smallest absolute Gasteiger partial charge is 0.306 e. The van der Waals surface area contributed by atoms with Crippen LogP contribution in [0.3, 0.4) is 0 Å². The fourth-order valence-corrected chi connectivity index (χ4v) is 1.56. The number of nitrogens with one attached hydrogen (secondary N) is 1. The van der Waals surface area contributed by atoms with Gasteiger partial charge < -0.3 is 15.2 Å². The first-order chi connectivity index (χ1) is 7.16. The summed E-state index contributed by atoms with van der Waals surface area (Å²) in [6, 6.07) is 7.28. The van der Waals surface area contributed by atoms with Crippen molar-refractivity contribution in [3.8, 4) is 0 Å². The van der Waals surface area contributed by atoms with Gasteiger partial charge in [-0.05, 0) is 23.1 Å². The van der Waals surface area contributed by atoms with Crippen molar-refractivity contribution in [3.05, 3.63) is 36.0 Å². The molecule has 4 heteroatoms. The molecular formula is C11H11NO3. The molecule has 2 rings (SSSR count). The van der Waals surface area contributed by atoms with E-state index in [1.807, 2.05) is 12.1 Å². The number of carboxylic acid groups (broad SMARTS) is 1. The van der Waals surface area contributed by atoms with E-state index >= 15 is 0 Å². The average molecular weight is 205 g/mol. The number of carbonyl (C=O) groups is 1. The second kappa shape index (κ2) is 3.74. The molecule has 1 heterocycles. The zero-order valence-electron chi connectivity index (χ0n) is 7.97. The van der Waals surface area contributed by atoms with E-state index in [9.17, 15) is 9.90 Å². The molecule has 0 fully saturated rings. The summed E-state index contributed by atoms with van der Waals surface area (Å²) >= 11 is 0. The molecule has 0 bridgehead atoms. The van der Waals surface area contributed by atoms with E-state index in [0.29, 0.717) is 5.56 Å². The van der Waals surface area contributed by atoms with E-state index in [2.05, 4.69) is 4.98 Å². The van der Waals surface area contributed by atoms with Crippen LogP contribution in [0.5, 0.6) is 0 Å². The molecule has 0 aliphatic carbocycles. The number of benzene rings is 1. The normalized spacial score (nSPS) is 12.9. The number of aliphatic hydroxyl groups excluding tert-OH is 1. The van der Waals surface area contributed by atoms with Gasteiger partial charge in [-0.2, -0.15) is 0 Å². The molecule has 2 aromatic rings.